The third-order valence-corrected chi connectivity index (χ3v) is 3.50. The van der Waals surface area contributed by atoms with Crippen LogP contribution in [0.4, 0.5) is 0 Å². The minimum absolute atomic E-state index is 0.0648. The Balaban J connectivity index is 2.62. The molecule has 1 aromatic heterocycles. The first kappa shape index (κ1) is 17.2. The fraction of sp³-hybridized carbons (Fsp3) is 0.467. The summed E-state index contributed by atoms with van der Waals surface area (Å²) in [5.41, 5.74) is 0.555. The summed E-state index contributed by atoms with van der Waals surface area (Å²) in [7, 11) is 0. The Morgan fingerprint density at radius 1 is 1.38 bits per heavy atom. The highest BCUT2D eigenvalue weighted by Gasteiger charge is 2.16. The van der Waals surface area contributed by atoms with Crippen LogP contribution in [0.1, 0.15) is 40.9 Å². The van der Waals surface area contributed by atoms with Crippen LogP contribution in [-0.2, 0) is 4.79 Å². The Morgan fingerprint density at radius 3 is 2.62 bits per heavy atom. The number of carbonyl (C=O) groups excluding carboxylic acids is 2. The van der Waals surface area contributed by atoms with Gasteiger partial charge in [-0.05, 0) is 39.3 Å². The molecule has 0 aromatic carbocycles. The van der Waals surface area contributed by atoms with Crippen LogP contribution in [0.15, 0.2) is 6.07 Å². The average Bonchev–Trinajstić information content (AvgIpc) is 2.73. The molecule has 0 fully saturated rings. The lowest BCUT2D eigenvalue weighted by Gasteiger charge is -2.20. The van der Waals surface area contributed by atoms with Gasteiger partial charge in [-0.3, -0.25) is 9.59 Å². The SMILES string of the molecule is Cc1cc(C(=O)NCC(=O)NC(C)(C)C)sc1C#CCO. The van der Waals surface area contributed by atoms with E-state index in [-0.39, 0.29) is 30.5 Å². The van der Waals surface area contributed by atoms with Gasteiger partial charge in [0, 0.05) is 5.54 Å². The van der Waals surface area contributed by atoms with Gasteiger partial charge in [0.25, 0.3) is 5.91 Å². The van der Waals surface area contributed by atoms with Gasteiger partial charge < -0.3 is 15.7 Å². The number of aliphatic hydroxyl groups is 1. The molecule has 0 radical (unpaired) electrons. The highest BCUT2D eigenvalue weighted by atomic mass is 32.1. The van der Waals surface area contributed by atoms with Crippen molar-refractivity contribution < 1.29 is 14.7 Å². The van der Waals surface area contributed by atoms with Crippen LogP contribution in [0.25, 0.3) is 0 Å². The first-order valence-electron chi connectivity index (χ1n) is 6.52. The smallest absolute Gasteiger partial charge is 0.261 e. The number of hydrogen-bond donors (Lipinski definition) is 3. The van der Waals surface area contributed by atoms with Crippen LogP contribution in [0.2, 0.25) is 0 Å². The third kappa shape index (κ3) is 5.98. The molecule has 0 unspecified atom stereocenters. The monoisotopic (exact) mass is 308 g/mol. The minimum Gasteiger partial charge on any atom is -0.384 e. The van der Waals surface area contributed by atoms with Crippen LogP contribution >= 0.6 is 11.3 Å². The molecule has 2 amide bonds. The molecule has 0 spiro atoms. The Labute approximate surface area is 128 Å². The maximum absolute atomic E-state index is 12.0. The number of hydrogen-bond acceptors (Lipinski definition) is 4. The van der Waals surface area contributed by atoms with Crippen LogP contribution in [-0.4, -0.2) is 35.6 Å². The second-order valence-electron chi connectivity index (χ2n) is 5.56. The van der Waals surface area contributed by atoms with Gasteiger partial charge in [-0.2, -0.15) is 0 Å². The van der Waals surface area contributed by atoms with E-state index in [2.05, 4.69) is 22.5 Å². The van der Waals surface area contributed by atoms with Gasteiger partial charge in [-0.1, -0.05) is 11.8 Å². The number of aryl methyl sites for hydroxylation is 1. The van der Waals surface area contributed by atoms with E-state index in [0.29, 0.717) is 4.88 Å². The van der Waals surface area contributed by atoms with Crippen molar-refractivity contribution in [3.8, 4) is 11.8 Å². The van der Waals surface area contributed by atoms with Crippen LogP contribution in [0, 0.1) is 18.8 Å². The van der Waals surface area contributed by atoms with Crippen molar-refractivity contribution in [1.29, 1.82) is 0 Å². The maximum atomic E-state index is 12.0. The molecule has 0 bridgehead atoms. The zero-order chi connectivity index (χ0) is 16.0. The van der Waals surface area contributed by atoms with Gasteiger partial charge in [-0.15, -0.1) is 11.3 Å². The lowest BCUT2D eigenvalue weighted by Crippen LogP contribution is -2.45. The molecule has 21 heavy (non-hydrogen) atoms. The molecule has 0 aliphatic heterocycles. The molecule has 1 rings (SSSR count). The van der Waals surface area contributed by atoms with Crippen molar-refractivity contribution in [2.45, 2.75) is 33.2 Å². The summed E-state index contributed by atoms with van der Waals surface area (Å²) in [5, 5.41) is 14.0. The van der Waals surface area contributed by atoms with Gasteiger partial charge >= 0.3 is 0 Å². The first-order chi connectivity index (χ1) is 9.73. The summed E-state index contributed by atoms with van der Waals surface area (Å²) in [5.74, 6) is 4.81. The van der Waals surface area contributed by atoms with Gasteiger partial charge in [-0.25, -0.2) is 0 Å². The zero-order valence-electron chi connectivity index (χ0n) is 12.7. The van der Waals surface area contributed by atoms with Crippen molar-refractivity contribution in [3.63, 3.8) is 0 Å². The average molecular weight is 308 g/mol. The standard InChI is InChI=1S/C15H20N2O3S/c1-10-8-12(21-11(10)6-5-7-18)14(20)16-9-13(19)17-15(2,3)4/h8,18H,7,9H2,1-4H3,(H,16,20)(H,17,19). The lowest BCUT2D eigenvalue weighted by atomic mass is 10.1. The number of thiophene rings is 1. The van der Waals surface area contributed by atoms with Gasteiger partial charge in [0.1, 0.15) is 6.61 Å². The minimum atomic E-state index is -0.325. The van der Waals surface area contributed by atoms with Crippen molar-refractivity contribution in [2.75, 3.05) is 13.2 Å². The second-order valence-corrected chi connectivity index (χ2v) is 6.62. The van der Waals surface area contributed by atoms with E-state index in [1.165, 1.54) is 11.3 Å². The topological polar surface area (TPSA) is 78.4 Å². The quantitative estimate of drug-likeness (QED) is 0.730. The van der Waals surface area contributed by atoms with E-state index in [1.54, 1.807) is 6.07 Å². The zero-order valence-corrected chi connectivity index (χ0v) is 13.5. The largest absolute Gasteiger partial charge is 0.384 e. The summed E-state index contributed by atoms with van der Waals surface area (Å²) in [6.07, 6.45) is 0. The van der Waals surface area contributed by atoms with Crippen LogP contribution in [0.5, 0.6) is 0 Å². The molecule has 0 saturated heterocycles. The Morgan fingerprint density at radius 2 is 2.05 bits per heavy atom. The third-order valence-electron chi connectivity index (χ3n) is 2.35. The number of amides is 2. The van der Waals surface area contributed by atoms with Gasteiger partial charge in [0.05, 0.1) is 16.3 Å². The molecule has 3 N–H and O–H groups in total. The van der Waals surface area contributed by atoms with Gasteiger partial charge in [0.15, 0.2) is 0 Å². The fourth-order valence-corrected chi connectivity index (χ4v) is 2.51. The summed E-state index contributed by atoms with van der Waals surface area (Å²) in [6, 6.07) is 1.73. The molecular weight excluding hydrogens is 288 g/mol. The normalized spacial score (nSPS) is 10.5. The molecule has 1 heterocycles. The van der Waals surface area contributed by atoms with Crippen molar-refractivity contribution in [1.82, 2.24) is 10.6 Å². The summed E-state index contributed by atoms with van der Waals surface area (Å²) in [6.45, 7) is 7.20. The Hall–Kier alpha value is -1.84. The number of nitrogens with one attached hydrogen (secondary N) is 2. The number of carbonyl (C=O) groups is 2. The van der Waals surface area contributed by atoms with E-state index < -0.39 is 0 Å². The molecule has 0 saturated carbocycles. The molecular formula is C15H20N2O3S. The second kappa shape index (κ2) is 7.25. The lowest BCUT2D eigenvalue weighted by molar-refractivity contribution is -0.121. The van der Waals surface area contributed by atoms with E-state index in [0.717, 1.165) is 10.4 Å². The van der Waals surface area contributed by atoms with Crippen LogP contribution < -0.4 is 10.6 Å². The molecule has 114 valence electrons. The molecule has 0 aliphatic rings. The maximum Gasteiger partial charge on any atom is 0.261 e. The van der Waals surface area contributed by atoms with Crippen LogP contribution in [0.3, 0.4) is 0 Å². The predicted molar refractivity (Wildman–Crippen MR) is 83.2 cm³/mol. The summed E-state index contributed by atoms with van der Waals surface area (Å²) in [4.78, 5) is 24.9. The highest BCUT2D eigenvalue weighted by Crippen LogP contribution is 2.20. The van der Waals surface area contributed by atoms with E-state index in [4.69, 9.17) is 5.11 Å². The molecule has 5 nitrogen and oxygen atoms in total. The predicted octanol–water partition coefficient (Wildman–Crippen LogP) is 1.04. The summed E-state index contributed by atoms with van der Waals surface area (Å²) >= 11 is 1.24. The van der Waals surface area contributed by atoms with Crippen molar-refractivity contribution in [2.24, 2.45) is 0 Å². The number of rotatable bonds is 3. The highest BCUT2D eigenvalue weighted by molar-refractivity contribution is 7.14. The van der Waals surface area contributed by atoms with Crippen molar-refractivity contribution in [3.05, 3.63) is 21.4 Å². The van der Waals surface area contributed by atoms with E-state index >= 15 is 0 Å². The first-order valence-corrected chi connectivity index (χ1v) is 7.34. The Kier molecular flexibility index (Phi) is 5.94. The molecule has 0 atom stereocenters. The molecule has 1 aromatic rings. The van der Waals surface area contributed by atoms with E-state index in [9.17, 15) is 9.59 Å². The molecule has 0 aliphatic carbocycles. The fourth-order valence-electron chi connectivity index (χ4n) is 1.55. The molecule has 6 heteroatoms. The van der Waals surface area contributed by atoms with Crippen molar-refractivity contribution >= 4 is 23.2 Å². The summed E-state index contributed by atoms with van der Waals surface area (Å²) < 4.78 is 0. The van der Waals surface area contributed by atoms with Gasteiger partial charge in [0.2, 0.25) is 5.91 Å². The Bertz CT molecular complexity index is 588. The number of aliphatic hydroxyl groups excluding tert-OH is 1. The van der Waals surface area contributed by atoms with E-state index in [1.807, 2.05) is 27.7 Å².